The van der Waals surface area contributed by atoms with Crippen molar-refractivity contribution in [2.75, 3.05) is 0 Å². The van der Waals surface area contributed by atoms with E-state index in [2.05, 4.69) is 59.2 Å². The maximum Gasteiger partial charge on any atom is 0.131 e. The maximum atomic E-state index is 5.82. The average Bonchev–Trinajstić information content (AvgIpc) is 2.81. The summed E-state index contributed by atoms with van der Waals surface area (Å²) < 4.78 is 6.98. The molecule has 102 valence electrons. The molecule has 4 heteroatoms. The molecule has 0 aliphatic rings. The second-order valence-corrected chi connectivity index (χ2v) is 6.38. The largest absolute Gasteiger partial charge is 0.487 e. The molecule has 2 nitrogen and oxygen atoms in total. The van der Waals surface area contributed by atoms with Crippen LogP contribution in [-0.4, -0.2) is 4.98 Å². The van der Waals surface area contributed by atoms with Crippen LogP contribution in [0.25, 0.3) is 0 Å². The average molecular weight is 340 g/mol. The van der Waals surface area contributed by atoms with Gasteiger partial charge in [0.15, 0.2) is 0 Å². The summed E-state index contributed by atoms with van der Waals surface area (Å²) in [5.74, 6) is 0.906. The predicted molar refractivity (Wildman–Crippen MR) is 84.1 cm³/mol. The van der Waals surface area contributed by atoms with E-state index >= 15 is 0 Å². The molecule has 0 N–H and O–H groups in total. The van der Waals surface area contributed by atoms with Gasteiger partial charge in [0.1, 0.15) is 12.4 Å². The van der Waals surface area contributed by atoms with Crippen LogP contribution >= 0.6 is 27.3 Å². The molecule has 0 unspecified atom stereocenters. The SMILES string of the molecule is CCCc1nc(COc2cc(C)c(Br)c(C)c2)cs1. The molecule has 2 aromatic rings. The Morgan fingerprint density at radius 3 is 2.58 bits per heavy atom. The van der Waals surface area contributed by atoms with Crippen molar-refractivity contribution in [3.8, 4) is 5.75 Å². The van der Waals surface area contributed by atoms with E-state index < -0.39 is 0 Å². The van der Waals surface area contributed by atoms with Crippen molar-refractivity contribution in [1.29, 1.82) is 0 Å². The van der Waals surface area contributed by atoms with Crippen LogP contribution < -0.4 is 4.74 Å². The normalized spacial score (nSPS) is 10.7. The molecule has 0 bridgehead atoms. The lowest BCUT2D eigenvalue weighted by molar-refractivity contribution is 0.301. The molecular weight excluding hydrogens is 322 g/mol. The first-order chi connectivity index (χ1) is 9.10. The molecule has 0 aliphatic carbocycles. The highest BCUT2D eigenvalue weighted by Crippen LogP contribution is 2.26. The smallest absolute Gasteiger partial charge is 0.131 e. The lowest BCUT2D eigenvalue weighted by Gasteiger charge is -2.09. The van der Waals surface area contributed by atoms with Crippen LogP contribution in [0.5, 0.6) is 5.75 Å². The highest BCUT2D eigenvalue weighted by Gasteiger charge is 2.05. The third-order valence-electron chi connectivity index (χ3n) is 2.86. The fraction of sp³-hybridized carbons (Fsp3) is 0.400. The van der Waals surface area contributed by atoms with Crippen molar-refractivity contribution in [2.45, 2.75) is 40.2 Å². The Balaban J connectivity index is 2.01. The Bertz CT molecular complexity index is 542. The number of benzene rings is 1. The third kappa shape index (κ3) is 3.80. The summed E-state index contributed by atoms with van der Waals surface area (Å²) in [6.45, 7) is 6.87. The summed E-state index contributed by atoms with van der Waals surface area (Å²) in [6, 6.07) is 4.10. The molecule has 0 saturated heterocycles. The zero-order valence-electron chi connectivity index (χ0n) is 11.5. The summed E-state index contributed by atoms with van der Waals surface area (Å²) in [4.78, 5) is 4.56. The molecule has 1 heterocycles. The second-order valence-electron chi connectivity index (χ2n) is 4.64. The molecule has 1 aromatic carbocycles. The Labute approximate surface area is 127 Å². The van der Waals surface area contributed by atoms with E-state index in [0.29, 0.717) is 6.61 Å². The number of thiazole rings is 1. The van der Waals surface area contributed by atoms with Gasteiger partial charge in [0.2, 0.25) is 0 Å². The van der Waals surface area contributed by atoms with Crippen molar-refractivity contribution >= 4 is 27.3 Å². The standard InChI is InChI=1S/C15H18BrNOS/c1-4-5-14-17-12(9-19-14)8-18-13-6-10(2)15(16)11(3)7-13/h6-7,9H,4-5,8H2,1-3H3. The van der Waals surface area contributed by atoms with Gasteiger partial charge in [-0.3, -0.25) is 0 Å². The van der Waals surface area contributed by atoms with Crippen LogP contribution in [0.3, 0.4) is 0 Å². The van der Waals surface area contributed by atoms with Crippen LogP contribution in [-0.2, 0) is 13.0 Å². The zero-order valence-corrected chi connectivity index (χ0v) is 13.9. The van der Waals surface area contributed by atoms with Gasteiger partial charge in [-0.05, 0) is 49.9 Å². The molecule has 0 atom stereocenters. The van der Waals surface area contributed by atoms with Crippen LogP contribution in [0, 0.1) is 13.8 Å². The molecule has 0 aliphatic heterocycles. The summed E-state index contributed by atoms with van der Waals surface area (Å²) in [6.07, 6.45) is 2.19. The van der Waals surface area contributed by atoms with Gasteiger partial charge in [0, 0.05) is 9.85 Å². The van der Waals surface area contributed by atoms with Gasteiger partial charge in [-0.1, -0.05) is 22.9 Å². The molecule has 0 saturated carbocycles. The van der Waals surface area contributed by atoms with E-state index in [0.717, 1.165) is 28.8 Å². The number of ether oxygens (including phenoxy) is 1. The highest BCUT2D eigenvalue weighted by molar-refractivity contribution is 9.10. The van der Waals surface area contributed by atoms with E-state index in [1.54, 1.807) is 11.3 Å². The van der Waals surface area contributed by atoms with Gasteiger partial charge in [-0.2, -0.15) is 0 Å². The first-order valence-corrected chi connectivity index (χ1v) is 8.10. The van der Waals surface area contributed by atoms with Crippen molar-refractivity contribution < 1.29 is 4.74 Å². The molecule has 0 spiro atoms. The minimum Gasteiger partial charge on any atom is -0.487 e. The van der Waals surface area contributed by atoms with Crippen LogP contribution in [0.15, 0.2) is 22.0 Å². The van der Waals surface area contributed by atoms with E-state index in [9.17, 15) is 0 Å². The Hall–Kier alpha value is -0.870. The molecule has 2 rings (SSSR count). The number of hydrogen-bond acceptors (Lipinski definition) is 3. The van der Waals surface area contributed by atoms with Gasteiger partial charge in [0.05, 0.1) is 10.7 Å². The van der Waals surface area contributed by atoms with E-state index in [1.165, 1.54) is 16.1 Å². The number of hydrogen-bond donors (Lipinski definition) is 0. The molecule has 0 fully saturated rings. The maximum absolute atomic E-state index is 5.82. The lowest BCUT2D eigenvalue weighted by Crippen LogP contribution is -1.97. The number of halogens is 1. The number of aromatic nitrogens is 1. The summed E-state index contributed by atoms with van der Waals surface area (Å²) in [5.41, 5.74) is 3.41. The topological polar surface area (TPSA) is 22.1 Å². The molecular formula is C15H18BrNOS. The van der Waals surface area contributed by atoms with Gasteiger partial charge in [0.25, 0.3) is 0 Å². The van der Waals surface area contributed by atoms with E-state index in [1.807, 2.05) is 0 Å². The quantitative estimate of drug-likeness (QED) is 0.759. The Morgan fingerprint density at radius 1 is 1.26 bits per heavy atom. The molecule has 19 heavy (non-hydrogen) atoms. The fourth-order valence-corrected chi connectivity index (χ4v) is 3.00. The van der Waals surface area contributed by atoms with Crippen molar-refractivity contribution in [2.24, 2.45) is 0 Å². The summed E-state index contributed by atoms with van der Waals surface area (Å²) in [7, 11) is 0. The first-order valence-electron chi connectivity index (χ1n) is 6.43. The van der Waals surface area contributed by atoms with Gasteiger partial charge < -0.3 is 4.74 Å². The molecule has 0 radical (unpaired) electrons. The third-order valence-corrected chi connectivity index (χ3v) is 5.07. The van der Waals surface area contributed by atoms with Crippen molar-refractivity contribution in [3.63, 3.8) is 0 Å². The van der Waals surface area contributed by atoms with Crippen molar-refractivity contribution in [1.82, 2.24) is 4.98 Å². The van der Waals surface area contributed by atoms with Gasteiger partial charge in [-0.25, -0.2) is 4.98 Å². The monoisotopic (exact) mass is 339 g/mol. The van der Waals surface area contributed by atoms with Crippen molar-refractivity contribution in [3.05, 3.63) is 43.8 Å². The number of rotatable bonds is 5. The van der Waals surface area contributed by atoms with E-state index in [4.69, 9.17) is 4.74 Å². The Kier molecular flexibility index (Phi) is 4.99. The summed E-state index contributed by atoms with van der Waals surface area (Å²) in [5, 5.41) is 3.29. The van der Waals surface area contributed by atoms with E-state index in [-0.39, 0.29) is 0 Å². The lowest BCUT2D eigenvalue weighted by atomic mass is 10.1. The van der Waals surface area contributed by atoms with Gasteiger partial charge >= 0.3 is 0 Å². The highest BCUT2D eigenvalue weighted by atomic mass is 79.9. The minimum absolute atomic E-state index is 0.542. The van der Waals surface area contributed by atoms with Crippen LogP contribution in [0.2, 0.25) is 0 Å². The minimum atomic E-state index is 0.542. The van der Waals surface area contributed by atoms with Gasteiger partial charge in [-0.15, -0.1) is 11.3 Å². The predicted octanol–water partition coefficient (Wildman–Crippen LogP) is 5.05. The zero-order chi connectivity index (χ0) is 13.8. The number of aryl methyl sites for hydroxylation is 3. The molecule has 1 aromatic heterocycles. The molecule has 0 amide bonds. The number of nitrogens with zero attached hydrogens (tertiary/aromatic N) is 1. The first kappa shape index (κ1) is 14.5. The van der Waals surface area contributed by atoms with Crippen LogP contribution in [0.4, 0.5) is 0 Å². The summed E-state index contributed by atoms with van der Waals surface area (Å²) >= 11 is 5.28. The Morgan fingerprint density at radius 2 is 1.95 bits per heavy atom. The fourth-order valence-electron chi connectivity index (χ4n) is 1.89. The second kappa shape index (κ2) is 6.53. The van der Waals surface area contributed by atoms with Crippen LogP contribution in [0.1, 0.15) is 35.2 Å².